The van der Waals surface area contributed by atoms with Gasteiger partial charge in [-0.2, -0.15) is 28.4 Å². The van der Waals surface area contributed by atoms with Crippen molar-refractivity contribution in [2.45, 2.75) is 64.3 Å². The van der Waals surface area contributed by atoms with Crippen LogP contribution in [0.4, 0.5) is 37.2 Å². The number of aromatic nitrogens is 2. The minimum atomic E-state index is -5.00. The molecule has 7 rings (SSSR count). The van der Waals surface area contributed by atoms with E-state index in [0.717, 1.165) is 38.2 Å². The van der Waals surface area contributed by atoms with Crippen molar-refractivity contribution in [3.63, 3.8) is 0 Å². The van der Waals surface area contributed by atoms with Crippen LogP contribution >= 0.6 is 11.3 Å². The van der Waals surface area contributed by atoms with Gasteiger partial charge in [0.15, 0.2) is 5.82 Å². The van der Waals surface area contributed by atoms with Crippen LogP contribution in [0.25, 0.3) is 32.1 Å². The van der Waals surface area contributed by atoms with Crippen LogP contribution in [0.1, 0.15) is 57.1 Å². The number of nitriles is 1. The molecule has 5 heterocycles. The Morgan fingerprint density at radius 3 is 2.45 bits per heavy atom. The second kappa shape index (κ2) is 15.5. The van der Waals surface area contributed by atoms with Gasteiger partial charge in [-0.1, -0.05) is 19.9 Å². The van der Waals surface area contributed by atoms with E-state index in [0.29, 0.717) is 35.9 Å². The van der Waals surface area contributed by atoms with E-state index in [1.165, 1.54) is 39.8 Å². The molecular weight excluding hydrogens is 696 g/mol. The predicted octanol–water partition coefficient (Wildman–Crippen LogP) is 7.77. The minimum absolute atomic E-state index is 0.0791. The summed E-state index contributed by atoms with van der Waals surface area (Å²) in [6.45, 7) is 7.74. The Kier molecular flexibility index (Phi) is 11.5. The standard InChI is InChI=1S/C20H12F5N5OS.C8H15NO.C7H12FN/c1-28-18-8-5-10(20(23,24)25)13(14(22)15(8)29-19(30-18)31-2)7-3-4-11(21)16-12(7)9(6-26)17(27)32-16;1-7(2)8(10)9-5-3-4-6-9;8-6-4-7-2-1-3-9(7)5-6/h3-5H,27H2,1-2H3,(H,28,29,30);7H,3-6H2,1-2H3;6-7H,1-5H2. The zero-order chi connectivity index (χ0) is 37.2. The zero-order valence-corrected chi connectivity index (χ0v) is 29.5. The molecule has 51 heavy (non-hydrogen) atoms. The molecule has 3 N–H and O–H groups in total. The van der Waals surface area contributed by atoms with Gasteiger partial charge < -0.3 is 20.7 Å². The Bertz CT molecular complexity index is 1940. The molecule has 2 aromatic carbocycles. The summed E-state index contributed by atoms with van der Waals surface area (Å²) in [6, 6.07) is 4.70. The lowest BCUT2D eigenvalue weighted by atomic mass is 9.92. The highest BCUT2D eigenvalue weighted by molar-refractivity contribution is 7.23. The minimum Gasteiger partial charge on any atom is -0.467 e. The molecule has 0 spiro atoms. The largest absolute Gasteiger partial charge is 0.467 e. The molecule has 0 saturated carbocycles. The monoisotopic (exact) mass is 735 g/mol. The van der Waals surface area contributed by atoms with Crippen LogP contribution in [0, 0.1) is 28.9 Å². The topological polar surface area (TPSA) is 120 Å². The third kappa shape index (κ3) is 7.79. The quantitative estimate of drug-likeness (QED) is 0.204. The third-order valence-corrected chi connectivity index (χ3v) is 10.2. The van der Waals surface area contributed by atoms with Gasteiger partial charge in [-0.05, 0) is 56.3 Å². The molecule has 2 atom stereocenters. The summed E-state index contributed by atoms with van der Waals surface area (Å²) in [5.74, 6) is -1.70. The molecule has 0 radical (unpaired) electrons. The molecule has 2 unspecified atom stereocenters. The van der Waals surface area contributed by atoms with E-state index in [1.807, 2.05) is 18.7 Å². The number of anilines is 2. The first-order valence-electron chi connectivity index (χ1n) is 16.6. The van der Waals surface area contributed by atoms with Crippen molar-refractivity contribution >= 4 is 49.1 Å². The molecule has 16 heteroatoms. The fourth-order valence-corrected chi connectivity index (χ4v) is 7.76. The van der Waals surface area contributed by atoms with Gasteiger partial charge in [0.1, 0.15) is 34.4 Å². The summed E-state index contributed by atoms with van der Waals surface area (Å²) in [4.78, 5) is 23.3. The predicted molar refractivity (Wildman–Crippen MR) is 185 cm³/mol. The first-order chi connectivity index (χ1) is 24.2. The van der Waals surface area contributed by atoms with Gasteiger partial charge in [-0.15, -0.1) is 11.3 Å². The average Bonchev–Trinajstić information content (AvgIpc) is 3.90. The maximum Gasteiger partial charge on any atom is 0.417 e. The number of nitrogens with zero attached hydrogens (tertiary/aromatic N) is 5. The van der Waals surface area contributed by atoms with Crippen molar-refractivity contribution in [2.75, 3.05) is 51.4 Å². The van der Waals surface area contributed by atoms with Crippen molar-refractivity contribution in [3.8, 4) is 23.2 Å². The van der Waals surface area contributed by atoms with Crippen molar-refractivity contribution in [3.05, 3.63) is 41.0 Å². The lowest BCUT2D eigenvalue weighted by Crippen LogP contribution is -2.31. The molecule has 3 aliphatic rings. The SMILES string of the molecule is CC(C)C(=O)N1CCCC1.CNc1nc(OC)nc2c(F)c(-c3ccc(F)c4sc(N)c(C#N)c34)c(C(F)(F)F)cc12.FC1CC2CCCN2C1. The molecule has 274 valence electrons. The van der Waals surface area contributed by atoms with E-state index in [1.54, 1.807) is 6.07 Å². The number of thiophene rings is 1. The number of nitrogens with two attached hydrogens (primary N) is 1. The van der Waals surface area contributed by atoms with Gasteiger partial charge in [0.25, 0.3) is 0 Å². The van der Waals surface area contributed by atoms with Crippen LogP contribution in [0.5, 0.6) is 6.01 Å². The van der Waals surface area contributed by atoms with E-state index >= 15 is 4.39 Å². The van der Waals surface area contributed by atoms with Crippen molar-refractivity contribution in [2.24, 2.45) is 5.92 Å². The Labute approximate surface area is 295 Å². The Hall–Kier alpha value is -4.36. The summed E-state index contributed by atoms with van der Waals surface area (Å²) in [6.07, 6.45) is 0.203. The fraction of sp³-hybridized carbons (Fsp3) is 0.486. The number of ether oxygens (including phenoxy) is 1. The Morgan fingerprint density at radius 2 is 1.86 bits per heavy atom. The van der Waals surface area contributed by atoms with E-state index < -0.39 is 40.6 Å². The number of hydrogen-bond acceptors (Lipinski definition) is 9. The highest BCUT2D eigenvalue weighted by Gasteiger charge is 2.38. The molecule has 3 aliphatic heterocycles. The average molecular weight is 736 g/mol. The fourth-order valence-electron chi connectivity index (χ4n) is 6.81. The summed E-state index contributed by atoms with van der Waals surface area (Å²) in [5.41, 5.74) is 2.55. The first kappa shape index (κ1) is 37.9. The van der Waals surface area contributed by atoms with Gasteiger partial charge >= 0.3 is 12.2 Å². The number of likely N-dealkylation sites (tertiary alicyclic amines) is 1. The summed E-state index contributed by atoms with van der Waals surface area (Å²) >= 11 is 0.695. The number of amides is 1. The van der Waals surface area contributed by atoms with Crippen LogP contribution in [-0.4, -0.2) is 78.2 Å². The summed E-state index contributed by atoms with van der Waals surface area (Å²) < 4.78 is 89.8. The molecule has 0 aliphatic carbocycles. The normalized spacial score (nSPS) is 18.7. The van der Waals surface area contributed by atoms with Crippen LogP contribution in [0.15, 0.2) is 18.2 Å². The lowest BCUT2D eigenvalue weighted by Gasteiger charge is -2.18. The number of methoxy groups -OCH3 is 1. The van der Waals surface area contributed by atoms with Gasteiger partial charge in [0.05, 0.1) is 22.9 Å². The number of nitrogens with one attached hydrogen (secondary N) is 1. The second-order valence-corrected chi connectivity index (χ2v) is 13.9. The van der Waals surface area contributed by atoms with Crippen LogP contribution in [0.2, 0.25) is 0 Å². The number of rotatable bonds is 4. The van der Waals surface area contributed by atoms with Crippen molar-refractivity contribution in [1.82, 2.24) is 19.8 Å². The number of halogens is 6. The van der Waals surface area contributed by atoms with Crippen LogP contribution in [-0.2, 0) is 11.0 Å². The second-order valence-electron chi connectivity index (χ2n) is 12.9. The van der Waals surface area contributed by atoms with Crippen LogP contribution in [0.3, 0.4) is 0 Å². The number of benzene rings is 2. The molecule has 2 aromatic heterocycles. The third-order valence-electron chi connectivity index (χ3n) is 9.21. The van der Waals surface area contributed by atoms with Gasteiger partial charge in [-0.25, -0.2) is 13.2 Å². The lowest BCUT2D eigenvalue weighted by molar-refractivity contribution is -0.137. The van der Waals surface area contributed by atoms with Gasteiger partial charge in [0.2, 0.25) is 5.91 Å². The van der Waals surface area contributed by atoms with Crippen molar-refractivity contribution in [1.29, 1.82) is 5.26 Å². The molecule has 3 saturated heterocycles. The first-order valence-corrected chi connectivity index (χ1v) is 17.4. The molecule has 0 bridgehead atoms. The van der Waals surface area contributed by atoms with Gasteiger partial charge in [0, 0.05) is 55.0 Å². The molecule has 4 aromatic rings. The highest BCUT2D eigenvalue weighted by Crippen LogP contribution is 2.47. The smallest absolute Gasteiger partial charge is 0.417 e. The Balaban J connectivity index is 0.000000213. The molecular formula is C35H39F6N7O2S. The summed E-state index contributed by atoms with van der Waals surface area (Å²) in [5, 5.41) is 11.5. The maximum atomic E-state index is 15.8. The molecule has 1 amide bonds. The van der Waals surface area contributed by atoms with E-state index in [9.17, 15) is 32.0 Å². The Morgan fingerprint density at radius 1 is 1.16 bits per heavy atom. The van der Waals surface area contributed by atoms with Gasteiger partial charge in [-0.3, -0.25) is 9.69 Å². The number of carbonyl (C=O) groups excluding carboxylic acids is 1. The summed E-state index contributed by atoms with van der Waals surface area (Å²) in [7, 11) is 2.62. The zero-order valence-electron chi connectivity index (χ0n) is 28.6. The maximum absolute atomic E-state index is 15.8. The highest BCUT2D eigenvalue weighted by atomic mass is 32.1. The number of hydrogen-bond donors (Lipinski definition) is 2. The molecule has 9 nitrogen and oxygen atoms in total. The number of fused-ring (bicyclic) bond motifs is 3. The van der Waals surface area contributed by atoms with Crippen LogP contribution < -0.4 is 15.8 Å². The van der Waals surface area contributed by atoms with E-state index in [4.69, 9.17) is 10.5 Å². The number of carbonyl (C=O) groups is 1. The van der Waals surface area contributed by atoms with Crippen molar-refractivity contribution < 1.29 is 35.9 Å². The van der Waals surface area contributed by atoms with E-state index in [-0.39, 0.29) is 49.3 Å². The molecule has 3 fully saturated rings. The van der Waals surface area contributed by atoms with E-state index in [2.05, 4.69) is 20.2 Å². The number of alkyl halides is 4. The number of nitrogen functional groups attached to an aromatic ring is 1.